The Morgan fingerprint density at radius 1 is 0.929 bits per heavy atom. The molecule has 0 saturated carbocycles. The lowest BCUT2D eigenvalue weighted by Crippen LogP contribution is -2.22. The van der Waals surface area contributed by atoms with Gasteiger partial charge in [-0.2, -0.15) is 0 Å². The number of benzene rings is 2. The van der Waals surface area contributed by atoms with Crippen LogP contribution in [0.2, 0.25) is 5.02 Å². The lowest BCUT2D eigenvalue weighted by atomic mass is 10.1. The van der Waals surface area contributed by atoms with Gasteiger partial charge in [0.05, 0.1) is 5.69 Å². The summed E-state index contributed by atoms with van der Waals surface area (Å²) in [6, 6.07) is 18.8. The molecular formula is C22H21ClN4O. The summed E-state index contributed by atoms with van der Waals surface area (Å²) >= 11 is 5.88. The third-order valence-electron chi connectivity index (χ3n) is 4.89. The molecule has 1 amide bonds. The average molecular weight is 393 g/mol. The molecule has 0 unspecified atom stereocenters. The maximum absolute atomic E-state index is 12.4. The molecule has 4 rings (SSSR count). The first-order chi connectivity index (χ1) is 13.7. The lowest BCUT2D eigenvalue weighted by molar-refractivity contribution is 0.0951. The van der Waals surface area contributed by atoms with Crippen LogP contribution in [-0.2, 0) is 6.54 Å². The Balaban J connectivity index is 1.38. The number of anilines is 1. The largest absolute Gasteiger partial charge is 0.355 e. The first-order valence-electron chi connectivity index (χ1n) is 9.41. The highest BCUT2D eigenvalue weighted by atomic mass is 35.5. The zero-order chi connectivity index (χ0) is 19.3. The van der Waals surface area contributed by atoms with Gasteiger partial charge in [-0.05, 0) is 54.8 Å². The van der Waals surface area contributed by atoms with Crippen LogP contribution in [-0.4, -0.2) is 29.2 Å². The number of nitrogens with zero attached hydrogens (tertiary/aromatic N) is 3. The molecule has 1 aliphatic rings. The summed E-state index contributed by atoms with van der Waals surface area (Å²) in [6.45, 7) is 2.56. The zero-order valence-electron chi connectivity index (χ0n) is 15.4. The Bertz CT molecular complexity index is 934. The van der Waals surface area contributed by atoms with Gasteiger partial charge < -0.3 is 10.2 Å². The maximum atomic E-state index is 12.4. The second-order valence-electron chi connectivity index (χ2n) is 6.86. The van der Waals surface area contributed by atoms with Crippen LogP contribution in [0.5, 0.6) is 0 Å². The number of carbonyl (C=O) groups excluding carboxylic acids is 1. The molecule has 0 bridgehead atoms. The van der Waals surface area contributed by atoms with Gasteiger partial charge in [-0.15, -0.1) is 10.2 Å². The fourth-order valence-electron chi connectivity index (χ4n) is 3.27. The number of halogens is 1. The smallest absolute Gasteiger partial charge is 0.251 e. The summed E-state index contributed by atoms with van der Waals surface area (Å²) in [4.78, 5) is 14.6. The predicted molar refractivity (Wildman–Crippen MR) is 112 cm³/mol. The van der Waals surface area contributed by atoms with Crippen LogP contribution < -0.4 is 10.2 Å². The normalized spacial score (nSPS) is 13.5. The fraction of sp³-hybridized carbons (Fsp3) is 0.227. The minimum absolute atomic E-state index is 0.114. The number of carbonyl (C=O) groups is 1. The Labute approximate surface area is 169 Å². The molecule has 0 atom stereocenters. The highest BCUT2D eigenvalue weighted by Gasteiger charge is 2.14. The molecule has 28 heavy (non-hydrogen) atoms. The van der Waals surface area contributed by atoms with Crippen molar-refractivity contribution < 1.29 is 4.79 Å². The Kier molecular flexibility index (Phi) is 5.53. The average Bonchev–Trinajstić information content (AvgIpc) is 3.28. The molecule has 1 fully saturated rings. The monoisotopic (exact) mass is 392 g/mol. The van der Waals surface area contributed by atoms with Crippen molar-refractivity contribution in [2.24, 2.45) is 0 Å². The van der Waals surface area contributed by atoms with E-state index in [0.29, 0.717) is 17.1 Å². The summed E-state index contributed by atoms with van der Waals surface area (Å²) in [7, 11) is 0. The summed E-state index contributed by atoms with van der Waals surface area (Å²) < 4.78 is 0. The van der Waals surface area contributed by atoms with Crippen LogP contribution in [0.3, 0.4) is 0 Å². The van der Waals surface area contributed by atoms with Crippen LogP contribution >= 0.6 is 11.6 Å². The van der Waals surface area contributed by atoms with E-state index in [4.69, 9.17) is 11.6 Å². The van der Waals surface area contributed by atoms with Crippen molar-refractivity contribution in [3.05, 3.63) is 76.8 Å². The molecular weight excluding hydrogens is 372 g/mol. The Hall–Kier alpha value is -2.92. The highest BCUT2D eigenvalue weighted by molar-refractivity contribution is 6.30. The SMILES string of the molecule is O=C(NCc1ccc(Cl)cc1)c1ccc(-c2ccc(N3CCCC3)nn2)cc1. The molecule has 1 aromatic heterocycles. The van der Waals surface area contributed by atoms with E-state index in [1.807, 2.05) is 60.7 Å². The van der Waals surface area contributed by atoms with E-state index >= 15 is 0 Å². The molecule has 2 heterocycles. The second-order valence-corrected chi connectivity index (χ2v) is 7.29. The first kappa shape index (κ1) is 18.4. The molecule has 1 aliphatic heterocycles. The number of aromatic nitrogens is 2. The van der Waals surface area contributed by atoms with Gasteiger partial charge in [-0.1, -0.05) is 35.9 Å². The van der Waals surface area contributed by atoms with Crippen LogP contribution in [0.25, 0.3) is 11.3 Å². The van der Waals surface area contributed by atoms with Crippen LogP contribution in [0.15, 0.2) is 60.7 Å². The lowest BCUT2D eigenvalue weighted by Gasteiger charge is -2.15. The van der Waals surface area contributed by atoms with Gasteiger partial charge in [0.2, 0.25) is 0 Å². The minimum atomic E-state index is -0.114. The third kappa shape index (κ3) is 4.31. The van der Waals surface area contributed by atoms with Gasteiger partial charge in [0, 0.05) is 35.8 Å². The van der Waals surface area contributed by atoms with E-state index in [2.05, 4.69) is 20.4 Å². The van der Waals surface area contributed by atoms with E-state index in [9.17, 15) is 4.79 Å². The summed E-state index contributed by atoms with van der Waals surface area (Å²) in [5, 5.41) is 12.3. The quantitative estimate of drug-likeness (QED) is 0.702. The summed E-state index contributed by atoms with van der Waals surface area (Å²) in [5.41, 5.74) is 3.35. The topological polar surface area (TPSA) is 58.1 Å². The molecule has 142 valence electrons. The number of amides is 1. The molecule has 0 spiro atoms. The summed E-state index contributed by atoms with van der Waals surface area (Å²) in [5.74, 6) is 0.816. The van der Waals surface area contributed by atoms with Crippen molar-refractivity contribution in [1.29, 1.82) is 0 Å². The van der Waals surface area contributed by atoms with Crippen LogP contribution in [0.4, 0.5) is 5.82 Å². The van der Waals surface area contributed by atoms with Crippen molar-refractivity contribution in [3.8, 4) is 11.3 Å². The van der Waals surface area contributed by atoms with Gasteiger partial charge in [-0.3, -0.25) is 4.79 Å². The van der Waals surface area contributed by atoms with Gasteiger partial charge in [0.1, 0.15) is 0 Å². The number of rotatable bonds is 5. The number of hydrogen-bond acceptors (Lipinski definition) is 4. The predicted octanol–water partition coefficient (Wildman–Crippen LogP) is 4.33. The highest BCUT2D eigenvalue weighted by Crippen LogP contribution is 2.21. The van der Waals surface area contributed by atoms with E-state index in [1.165, 1.54) is 12.8 Å². The fourth-order valence-corrected chi connectivity index (χ4v) is 3.40. The van der Waals surface area contributed by atoms with E-state index in [1.54, 1.807) is 0 Å². The molecule has 1 N–H and O–H groups in total. The van der Waals surface area contributed by atoms with Crippen molar-refractivity contribution in [1.82, 2.24) is 15.5 Å². The van der Waals surface area contributed by atoms with Gasteiger partial charge in [0.25, 0.3) is 5.91 Å². The van der Waals surface area contributed by atoms with Gasteiger partial charge >= 0.3 is 0 Å². The molecule has 0 radical (unpaired) electrons. The summed E-state index contributed by atoms with van der Waals surface area (Å²) in [6.07, 6.45) is 2.43. The number of hydrogen-bond donors (Lipinski definition) is 1. The van der Waals surface area contributed by atoms with Gasteiger partial charge in [-0.25, -0.2) is 0 Å². The Morgan fingerprint density at radius 2 is 1.64 bits per heavy atom. The standard InChI is InChI=1S/C22H21ClN4O/c23-19-9-3-16(4-10-19)15-24-22(28)18-7-5-17(6-8-18)20-11-12-21(26-25-20)27-13-1-2-14-27/h3-12H,1-2,13-15H2,(H,24,28). The minimum Gasteiger partial charge on any atom is -0.355 e. The molecule has 6 heteroatoms. The van der Waals surface area contributed by atoms with Crippen molar-refractivity contribution in [2.75, 3.05) is 18.0 Å². The number of nitrogens with one attached hydrogen (secondary N) is 1. The van der Waals surface area contributed by atoms with Crippen LogP contribution in [0, 0.1) is 0 Å². The van der Waals surface area contributed by atoms with E-state index < -0.39 is 0 Å². The molecule has 3 aromatic rings. The van der Waals surface area contributed by atoms with Gasteiger partial charge in [0.15, 0.2) is 5.82 Å². The third-order valence-corrected chi connectivity index (χ3v) is 5.14. The van der Waals surface area contributed by atoms with Crippen LogP contribution in [0.1, 0.15) is 28.8 Å². The van der Waals surface area contributed by atoms with Crippen molar-refractivity contribution in [2.45, 2.75) is 19.4 Å². The zero-order valence-corrected chi connectivity index (χ0v) is 16.2. The van der Waals surface area contributed by atoms with E-state index in [0.717, 1.165) is 35.7 Å². The molecule has 1 saturated heterocycles. The maximum Gasteiger partial charge on any atom is 0.251 e. The molecule has 0 aliphatic carbocycles. The van der Waals surface area contributed by atoms with E-state index in [-0.39, 0.29) is 5.91 Å². The Morgan fingerprint density at radius 3 is 2.29 bits per heavy atom. The molecule has 5 nitrogen and oxygen atoms in total. The second kappa shape index (κ2) is 8.40. The van der Waals surface area contributed by atoms with Crippen molar-refractivity contribution in [3.63, 3.8) is 0 Å². The first-order valence-corrected chi connectivity index (χ1v) is 9.78. The molecule has 2 aromatic carbocycles. The van der Waals surface area contributed by atoms with Crippen molar-refractivity contribution >= 4 is 23.3 Å².